The molecule has 1 aliphatic heterocycles. The molecule has 162 valence electrons. The highest BCUT2D eigenvalue weighted by Gasteiger charge is 2.30. The van der Waals surface area contributed by atoms with Crippen molar-refractivity contribution in [3.8, 4) is 0 Å². The van der Waals surface area contributed by atoms with Crippen LogP contribution in [0.3, 0.4) is 0 Å². The molecule has 1 amide bonds. The van der Waals surface area contributed by atoms with Crippen molar-refractivity contribution in [1.82, 2.24) is 4.90 Å². The smallest absolute Gasteiger partial charge is 0.305 e. The monoisotopic (exact) mass is 423 g/mol. The van der Waals surface area contributed by atoms with Gasteiger partial charge in [-0.25, -0.2) is 0 Å². The van der Waals surface area contributed by atoms with E-state index in [1.165, 1.54) is 0 Å². The molecule has 2 rings (SSSR count). The number of nitrogens with zero attached hydrogens (tertiary/aromatic N) is 1. The summed E-state index contributed by atoms with van der Waals surface area (Å²) in [7, 11) is 0. The highest BCUT2D eigenvalue weighted by atomic mass is 35.5. The Morgan fingerprint density at radius 3 is 2.86 bits per heavy atom. The van der Waals surface area contributed by atoms with Gasteiger partial charge in [0.1, 0.15) is 0 Å². The molecule has 1 fully saturated rings. The molecule has 0 radical (unpaired) electrons. The van der Waals surface area contributed by atoms with Crippen LogP contribution in [0.15, 0.2) is 24.3 Å². The lowest BCUT2D eigenvalue weighted by atomic mass is 10.0. The fourth-order valence-electron chi connectivity index (χ4n) is 3.96. The highest BCUT2D eigenvalue weighted by molar-refractivity contribution is 6.30. The molecule has 1 aliphatic rings. The van der Waals surface area contributed by atoms with E-state index in [9.17, 15) is 14.7 Å². The number of carbonyl (C=O) groups is 2. The van der Waals surface area contributed by atoms with Gasteiger partial charge in [0.2, 0.25) is 5.91 Å². The van der Waals surface area contributed by atoms with Crippen LogP contribution in [0.25, 0.3) is 0 Å². The summed E-state index contributed by atoms with van der Waals surface area (Å²) in [5, 5.41) is 11.1. The summed E-state index contributed by atoms with van der Waals surface area (Å²) in [5.41, 5.74) is 1.03. The number of benzene rings is 1. The number of hydrogen-bond acceptors (Lipinski definition) is 4. The summed E-state index contributed by atoms with van der Waals surface area (Å²) in [6, 6.07) is 7.82. The number of rotatable bonds is 13. The molecule has 0 unspecified atom stereocenters. The van der Waals surface area contributed by atoms with Gasteiger partial charge in [-0.1, -0.05) is 36.6 Å². The number of esters is 1. The van der Waals surface area contributed by atoms with Crippen molar-refractivity contribution in [1.29, 1.82) is 0 Å². The van der Waals surface area contributed by atoms with Crippen molar-refractivity contribution >= 4 is 23.5 Å². The quantitative estimate of drug-likeness (QED) is 0.374. The number of aliphatic hydroxyl groups excluding tert-OH is 1. The van der Waals surface area contributed by atoms with Crippen molar-refractivity contribution in [2.24, 2.45) is 0 Å². The number of hydrogen-bond donors (Lipinski definition) is 1. The first kappa shape index (κ1) is 23.7. The zero-order chi connectivity index (χ0) is 21.1. The van der Waals surface area contributed by atoms with Crippen molar-refractivity contribution in [3.05, 3.63) is 34.9 Å². The van der Waals surface area contributed by atoms with Crippen molar-refractivity contribution in [2.45, 2.75) is 83.3 Å². The largest absolute Gasteiger partial charge is 0.466 e. The molecule has 1 aromatic rings. The molecular weight excluding hydrogens is 390 g/mol. The molecule has 1 aromatic carbocycles. The van der Waals surface area contributed by atoms with Crippen molar-refractivity contribution < 1.29 is 19.4 Å². The van der Waals surface area contributed by atoms with Crippen LogP contribution >= 0.6 is 11.6 Å². The Kier molecular flexibility index (Phi) is 10.5. The Labute approximate surface area is 179 Å². The predicted octanol–water partition coefficient (Wildman–Crippen LogP) is 4.53. The van der Waals surface area contributed by atoms with Gasteiger partial charge < -0.3 is 14.7 Å². The normalized spacial score (nSPS) is 17.6. The van der Waals surface area contributed by atoms with Gasteiger partial charge >= 0.3 is 5.97 Å². The maximum absolute atomic E-state index is 12.2. The zero-order valence-electron chi connectivity index (χ0n) is 17.4. The van der Waals surface area contributed by atoms with E-state index in [1.54, 1.807) is 0 Å². The van der Waals surface area contributed by atoms with Crippen molar-refractivity contribution in [3.63, 3.8) is 0 Å². The summed E-state index contributed by atoms with van der Waals surface area (Å²) in [5.74, 6) is 0.101. The highest BCUT2D eigenvalue weighted by Crippen LogP contribution is 2.25. The van der Waals surface area contributed by atoms with Gasteiger partial charge in [-0.05, 0) is 63.1 Å². The third-order valence-electron chi connectivity index (χ3n) is 5.48. The second kappa shape index (κ2) is 12.9. The Balaban J connectivity index is 1.65. The topological polar surface area (TPSA) is 66.8 Å². The van der Waals surface area contributed by atoms with E-state index in [4.69, 9.17) is 16.3 Å². The Bertz CT molecular complexity index is 652. The second-order valence-electron chi connectivity index (χ2n) is 7.81. The van der Waals surface area contributed by atoms with E-state index in [0.29, 0.717) is 37.3 Å². The lowest BCUT2D eigenvalue weighted by Crippen LogP contribution is -2.34. The number of ether oxygens (including phenoxy) is 1. The lowest BCUT2D eigenvalue weighted by Gasteiger charge is -2.26. The summed E-state index contributed by atoms with van der Waals surface area (Å²) in [6.07, 6.45) is 7.42. The molecule has 0 spiro atoms. The third-order valence-corrected chi connectivity index (χ3v) is 5.72. The summed E-state index contributed by atoms with van der Waals surface area (Å²) in [4.78, 5) is 25.6. The minimum absolute atomic E-state index is 0.126. The molecular formula is C23H34ClNO4. The molecule has 0 aliphatic carbocycles. The van der Waals surface area contributed by atoms with Gasteiger partial charge in [-0.15, -0.1) is 0 Å². The van der Waals surface area contributed by atoms with E-state index < -0.39 is 6.10 Å². The van der Waals surface area contributed by atoms with Crippen molar-refractivity contribution in [2.75, 3.05) is 13.2 Å². The average Bonchev–Trinajstić information content (AvgIpc) is 3.03. The van der Waals surface area contributed by atoms with E-state index in [1.807, 2.05) is 36.1 Å². The molecule has 0 saturated carbocycles. The summed E-state index contributed by atoms with van der Waals surface area (Å²) in [6.45, 7) is 3.02. The fourth-order valence-corrected chi connectivity index (χ4v) is 4.17. The van der Waals surface area contributed by atoms with Crippen LogP contribution in [0.5, 0.6) is 0 Å². The fraction of sp³-hybridized carbons (Fsp3) is 0.652. The maximum atomic E-state index is 12.2. The predicted molar refractivity (Wildman–Crippen MR) is 115 cm³/mol. The molecule has 1 saturated heterocycles. The van der Waals surface area contributed by atoms with Crippen LogP contribution in [0.2, 0.25) is 5.02 Å². The molecule has 0 bridgehead atoms. The second-order valence-corrected chi connectivity index (χ2v) is 8.25. The first-order valence-electron chi connectivity index (χ1n) is 10.9. The van der Waals surface area contributed by atoms with Crippen LogP contribution in [0, 0.1) is 0 Å². The summed E-state index contributed by atoms with van der Waals surface area (Å²) < 4.78 is 4.93. The van der Waals surface area contributed by atoms with Crippen LogP contribution in [-0.2, 0) is 20.7 Å². The van der Waals surface area contributed by atoms with E-state index >= 15 is 0 Å². The molecule has 5 nitrogen and oxygen atoms in total. The minimum atomic E-state index is -0.422. The molecule has 6 heteroatoms. The van der Waals surface area contributed by atoms with E-state index in [-0.39, 0.29) is 17.9 Å². The number of carbonyl (C=O) groups excluding carboxylic acids is 2. The van der Waals surface area contributed by atoms with E-state index in [2.05, 4.69) is 0 Å². The first-order chi connectivity index (χ1) is 14.0. The number of unbranched alkanes of at least 4 members (excludes halogenated alkanes) is 3. The SMILES string of the molecule is CCOC(=O)CCCCCCN1C(=O)CC[C@@H]1CC[C@@H](O)Cc1cccc(Cl)c1. The van der Waals surface area contributed by atoms with Crippen LogP contribution in [0.4, 0.5) is 0 Å². The molecule has 0 aromatic heterocycles. The first-order valence-corrected chi connectivity index (χ1v) is 11.2. The van der Waals surface area contributed by atoms with Gasteiger partial charge in [-0.3, -0.25) is 9.59 Å². The Morgan fingerprint density at radius 1 is 1.31 bits per heavy atom. The van der Waals surface area contributed by atoms with Gasteiger partial charge in [0, 0.05) is 30.5 Å². The van der Waals surface area contributed by atoms with E-state index in [0.717, 1.165) is 50.6 Å². The zero-order valence-corrected chi connectivity index (χ0v) is 18.2. The maximum Gasteiger partial charge on any atom is 0.305 e. The Morgan fingerprint density at radius 2 is 2.10 bits per heavy atom. The van der Waals surface area contributed by atoms with Crippen LogP contribution < -0.4 is 0 Å². The van der Waals surface area contributed by atoms with Crippen LogP contribution in [-0.4, -0.2) is 47.2 Å². The minimum Gasteiger partial charge on any atom is -0.466 e. The number of aliphatic hydroxyl groups is 1. The average molecular weight is 424 g/mol. The molecule has 1 N–H and O–H groups in total. The Hall–Kier alpha value is -1.59. The number of halogens is 1. The standard InChI is InChI=1S/C23H34ClNO4/c1-2-29-23(28)10-5-3-4-6-15-25-20(12-14-22(25)27)11-13-21(26)17-18-8-7-9-19(24)16-18/h7-9,16,20-21,26H,2-6,10-15,17H2,1H3/t20-,21+/m0/s1. The third kappa shape index (κ3) is 8.75. The van der Waals surface area contributed by atoms with Gasteiger partial charge in [0.15, 0.2) is 0 Å². The van der Waals surface area contributed by atoms with Gasteiger partial charge in [0.05, 0.1) is 12.7 Å². The molecule has 1 heterocycles. The molecule has 29 heavy (non-hydrogen) atoms. The lowest BCUT2D eigenvalue weighted by molar-refractivity contribution is -0.143. The summed E-state index contributed by atoms with van der Waals surface area (Å²) >= 11 is 6.01. The molecule has 2 atom stereocenters. The van der Waals surface area contributed by atoms with Gasteiger partial charge in [0.25, 0.3) is 0 Å². The number of amides is 1. The van der Waals surface area contributed by atoms with Gasteiger partial charge in [-0.2, -0.15) is 0 Å². The van der Waals surface area contributed by atoms with Crippen LogP contribution in [0.1, 0.15) is 70.3 Å². The number of likely N-dealkylation sites (tertiary alicyclic amines) is 1.